The molecule has 2 heterocycles. The van der Waals surface area contributed by atoms with Crippen LogP contribution >= 0.6 is 11.3 Å². The number of nitrogens with one attached hydrogen (secondary N) is 1. The number of methoxy groups -OCH3 is 2. The Morgan fingerprint density at radius 3 is 2.57 bits per heavy atom. The molecule has 0 radical (unpaired) electrons. The molecule has 1 unspecified atom stereocenters. The van der Waals surface area contributed by atoms with Crippen molar-refractivity contribution in [3.05, 3.63) is 54.0 Å². The van der Waals surface area contributed by atoms with E-state index in [2.05, 4.69) is 10.3 Å². The Balaban J connectivity index is 1.43. The molecular formula is C22H21N3O4S. The van der Waals surface area contributed by atoms with E-state index in [4.69, 9.17) is 9.47 Å². The zero-order chi connectivity index (χ0) is 21.1. The zero-order valence-corrected chi connectivity index (χ0v) is 17.4. The van der Waals surface area contributed by atoms with Crippen LogP contribution in [0.25, 0.3) is 10.6 Å². The summed E-state index contributed by atoms with van der Waals surface area (Å²) < 4.78 is 10.6. The van der Waals surface area contributed by atoms with Crippen molar-refractivity contribution in [2.75, 3.05) is 31.0 Å². The second kappa shape index (κ2) is 8.54. The molecule has 1 N–H and O–H groups in total. The monoisotopic (exact) mass is 423 g/mol. The Labute approximate surface area is 178 Å². The van der Waals surface area contributed by atoms with Crippen LogP contribution in [-0.4, -0.2) is 37.6 Å². The highest BCUT2D eigenvalue weighted by Crippen LogP contribution is 2.34. The molecule has 1 aromatic heterocycles. The quantitative estimate of drug-likeness (QED) is 0.652. The van der Waals surface area contributed by atoms with Crippen molar-refractivity contribution in [1.82, 2.24) is 4.98 Å². The van der Waals surface area contributed by atoms with Crippen LogP contribution < -0.4 is 19.7 Å². The molecule has 0 saturated carbocycles. The Kier molecular flexibility index (Phi) is 5.67. The van der Waals surface area contributed by atoms with Gasteiger partial charge in [0.05, 0.1) is 20.1 Å². The first-order valence-electron chi connectivity index (χ1n) is 9.42. The maximum absolute atomic E-state index is 12.7. The van der Waals surface area contributed by atoms with Gasteiger partial charge in [-0.3, -0.25) is 9.59 Å². The third-order valence-electron chi connectivity index (χ3n) is 5.01. The van der Waals surface area contributed by atoms with Crippen LogP contribution in [0.5, 0.6) is 11.5 Å². The lowest BCUT2D eigenvalue weighted by atomic mass is 10.1. The summed E-state index contributed by atoms with van der Waals surface area (Å²) in [5.41, 5.74) is 2.37. The molecule has 7 nitrogen and oxygen atoms in total. The van der Waals surface area contributed by atoms with E-state index in [0.717, 1.165) is 10.6 Å². The van der Waals surface area contributed by atoms with Crippen molar-refractivity contribution in [3.8, 4) is 22.1 Å². The van der Waals surface area contributed by atoms with E-state index in [9.17, 15) is 9.59 Å². The number of hydrogen-bond acceptors (Lipinski definition) is 6. The van der Waals surface area contributed by atoms with Gasteiger partial charge >= 0.3 is 0 Å². The van der Waals surface area contributed by atoms with Gasteiger partial charge in [-0.1, -0.05) is 0 Å². The fourth-order valence-corrected chi connectivity index (χ4v) is 4.08. The number of thiazole rings is 1. The molecule has 3 aromatic rings. The van der Waals surface area contributed by atoms with E-state index in [0.29, 0.717) is 29.4 Å². The summed E-state index contributed by atoms with van der Waals surface area (Å²) in [7, 11) is 3.10. The molecule has 0 aliphatic carbocycles. The van der Waals surface area contributed by atoms with Crippen molar-refractivity contribution in [2.45, 2.75) is 6.42 Å². The number of hydrogen-bond donors (Lipinski definition) is 1. The van der Waals surface area contributed by atoms with Gasteiger partial charge in [-0.15, -0.1) is 11.3 Å². The minimum absolute atomic E-state index is 0.0958. The molecule has 0 spiro atoms. The molecule has 1 fully saturated rings. The van der Waals surface area contributed by atoms with Crippen LogP contribution in [0.1, 0.15) is 6.42 Å². The van der Waals surface area contributed by atoms with Gasteiger partial charge in [0.25, 0.3) is 0 Å². The smallest absolute Gasteiger partial charge is 0.229 e. The maximum atomic E-state index is 12.7. The van der Waals surface area contributed by atoms with Crippen molar-refractivity contribution < 1.29 is 19.1 Å². The van der Waals surface area contributed by atoms with E-state index in [-0.39, 0.29) is 18.2 Å². The van der Waals surface area contributed by atoms with E-state index in [1.165, 1.54) is 0 Å². The first-order valence-corrected chi connectivity index (χ1v) is 10.3. The van der Waals surface area contributed by atoms with Crippen LogP contribution in [0.3, 0.4) is 0 Å². The van der Waals surface area contributed by atoms with Crippen molar-refractivity contribution in [3.63, 3.8) is 0 Å². The molecule has 1 atom stereocenters. The normalized spacial score (nSPS) is 15.9. The number of anilines is 2. The average molecular weight is 423 g/mol. The van der Waals surface area contributed by atoms with Gasteiger partial charge in [-0.25, -0.2) is 4.98 Å². The molecule has 154 valence electrons. The highest BCUT2D eigenvalue weighted by atomic mass is 32.1. The van der Waals surface area contributed by atoms with Crippen molar-refractivity contribution in [1.29, 1.82) is 0 Å². The van der Waals surface area contributed by atoms with Gasteiger partial charge < -0.3 is 19.7 Å². The number of carbonyl (C=O) groups excluding carboxylic acids is 2. The number of benzene rings is 2. The maximum Gasteiger partial charge on any atom is 0.229 e. The summed E-state index contributed by atoms with van der Waals surface area (Å²) in [6.07, 6.45) is 1.92. The first kappa shape index (κ1) is 19.9. The number of ether oxygens (including phenoxy) is 2. The van der Waals surface area contributed by atoms with Gasteiger partial charge in [-0.05, 0) is 36.4 Å². The lowest BCUT2D eigenvalue weighted by Gasteiger charge is -2.18. The number of aromatic nitrogens is 1. The van der Waals surface area contributed by atoms with Crippen molar-refractivity contribution >= 4 is 34.5 Å². The molecule has 30 heavy (non-hydrogen) atoms. The number of rotatable bonds is 6. The summed E-state index contributed by atoms with van der Waals surface area (Å²) in [6, 6.07) is 12.8. The van der Waals surface area contributed by atoms with Gasteiger partial charge in [-0.2, -0.15) is 0 Å². The summed E-state index contributed by atoms with van der Waals surface area (Å²) >= 11 is 1.56. The molecule has 4 rings (SSSR count). The van der Waals surface area contributed by atoms with Crippen LogP contribution in [-0.2, 0) is 9.59 Å². The molecule has 2 amide bonds. The third kappa shape index (κ3) is 3.99. The highest BCUT2D eigenvalue weighted by molar-refractivity contribution is 7.13. The van der Waals surface area contributed by atoms with E-state index in [1.54, 1.807) is 54.9 Å². The van der Waals surface area contributed by atoms with Crippen LogP contribution in [0.15, 0.2) is 54.0 Å². The molecule has 2 aromatic carbocycles. The first-order chi connectivity index (χ1) is 14.6. The molecule has 8 heteroatoms. The average Bonchev–Trinajstić information content (AvgIpc) is 3.44. The largest absolute Gasteiger partial charge is 0.493 e. The van der Waals surface area contributed by atoms with Gasteiger partial charge in [0.2, 0.25) is 11.8 Å². The summed E-state index contributed by atoms with van der Waals surface area (Å²) in [5, 5.41) is 5.76. The molecule has 1 saturated heterocycles. The molecule has 1 aliphatic rings. The standard InChI is InChI=1S/C22H21N3O4S/c1-28-18-8-7-17(12-19(18)29-2)25-13-15(11-20(25)26)21(27)24-16-5-3-14(4-6-16)22-23-9-10-30-22/h3-10,12,15H,11,13H2,1-2H3,(H,24,27). The van der Waals surface area contributed by atoms with E-state index < -0.39 is 5.92 Å². The Bertz CT molecular complexity index is 1050. The molecule has 1 aliphatic heterocycles. The van der Waals surface area contributed by atoms with Gasteiger partial charge in [0.1, 0.15) is 5.01 Å². The Morgan fingerprint density at radius 2 is 1.90 bits per heavy atom. The Hall–Kier alpha value is -3.39. The predicted molar refractivity (Wildman–Crippen MR) is 116 cm³/mol. The Morgan fingerprint density at radius 1 is 1.13 bits per heavy atom. The zero-order valence-electron chi connectivity index (χ0n) is 16.6. The summed E-state index contributed by atoms with van der Waals surface area (Å²) in [5.74, 6) is 0.429. The van der Waals surface area contributed by atoms with E-state index in [1.807, 2.05) is 29.6 Å². The van der Waals surface area contributed by atoms with Crippen LogP contribution in [0.4, 0.5) is 11.4 Å². The molecular weight excluding hydrogens is 402 g/mol. The third-order valence-corrected chi connectivity index (χ3v) is 5.83. The molecule has 0 bridgehead atoms. The summed E-state index contributed by atoms with van der Waals surface area (Å²) in [4.78, 5) is 31.2. The van der Waals surface area contributed by atoms with Gasteiger partial charge in [0.15, 0.2) is 11.5 Å². The lowest BCUT2D eigenvalue weighted by Crippen LogP contribution is -2.28. The number of carbonyl (C=O) groups is 2. The number of nitrogens with zero attached hydrogens (tertiary/aromatic N) is 2. The van der Waals surface area contributed by atoms with E-state index >= 15 is 0 Å². The fraction of sp³-hybridized carbons (Fsp3) is 0.227. The topological polar surface area (TPSA) is 80.8 Å². The van der Waals surface area contributed by atoms with Crippen LogP contribution in [0.2, 0.25) is 0 Å². The second-order valence-electron chi connectivity index (χ2n) is 6.85. The van der Waals surface area contributed by atoms with Crippen molar-refractivity contribution in [2.24, 2.45) is 5.92 Å². The number of amides is 2. The fourth-order valence-electron chi connectivity index (χ4n) is 3.43. The lowest BCUT2D eigenvalue weighted by molar-refractivity contribution is -0.122. The van der Waals surface area contributed by atoms with Crippen LogP contribution in [0, 0.1) is 5.92 Å². The minimum Gasteiger partial charge on any atom is -0.493 e. The minimum atomic E-state index is -0.427. The second-order valence-corrected chi connectivity index (χ2v) is 7.74. The SMILES string of the molecule is COc1ccc(N2CC(C(=O)Nc3ccc(-c4nccs4)cc3)CC2=O)cc1OC. The van der Waals surface area contributed by atoms with Gasteiger partial charge in [0, 0.05) is 47.5 Å². The highest BCUT2D eigenvalue weighted by Gasteiger charge is 2.35. The summed E-state index contributed by atoms with van der Waals surface area (Å²) in [6.45, 7) is 0.317. The predicted octanol–water partition coefficient (Wildman–Crippen LogP) is 3.82.